The summed E-state index contributed by atoms with van der Waals surface area (Å²) in [7, 11) is 0. The maximum absolute atomic E-state index is 9.12. The highest BCUT2D eigenvalue weighted by atomic mass is 32.1. The third kappa shape index (κ3) is 3.25. The van der Waals surface area contributed by atoms with Crippen LogP contribution in [0.4, 0.5) is 5.69 Å². The lowest BCUT2D eigenvalue weighted by Gasteiger charge is -2.13. The van der Waals surface area contributed by atoms with Crippen LogP contribution in [0.15, 0.2) is 30.3 Å². The fraction of sp³-hybridized carbons (Fsp3) is 0.182. The summed E-state index contributed by atoms with van der Waals surface area (Å²) in [5, 5.41) is 28.9. The second kappa shape index (κ2) is 6.23. The van der Waals surface area contributed by atoms with Gasteiger partial charge in [0, 0.05) is 5.69 Å². The molecule has 0 aliphatic carbocycles. The van der Waals surface area contributed by atoms with Crippen LogP contribution in [-0.2, 0) is 13.2 Å². The molecule has 7 nitrogen and oxygen atoms in total. The van der Waals surface area contributed by atoms with Crippen molar-refractivity contribution in [2.75, 3.05) is 10.7 Å². The summed E-state index contributed by atoms with van der Waals surface area (Å²) >= 11 is 5.14. The number of nitrogens with zero attached hydrogens (tertiary/aromatic N) is 3. The summed E-state index contributed by atoms with van der Waals surface area (Å²) in [5.74, 6) is 0.530. The van der Waals surface area contributed by atoms with Crippen molar-refractivity contribution in [1.29, 1.82) is 0 Å². The van der Waals surface area contributed by atoms with Crippen molar-refractivity contribution in [3.63, 3.8) is 0 Å². The number of benzene rings is 1. The zero-order valence-electron chi connectivity index (χ0n) is 9.95. The predicted molar refractivity (Wildman–Crippen MR) is 73.9 cm³/mol. The second-order valence-corrected chi connectivity index (χ2v) is 4.02. The third-order valence-electron chi connectivity index (χ3n) is 2.32. The van der Waals surface area contributed by atoms with Crippen LogP contribution in [-0.4, -0.2) is 30.2 Å². The van der Waals surface area contributed by atoms with Gasteiger partial charge in [0.05, 0.1) is 0 Å². The Morgan fingerprint density at radius 1 is 1.11 bits per heavy atom. The van der Waals surface area contributed by atoms with Crippen LogP contribution in [0.3, 0.4) is 0 Å². The van der Waals surface area contributed by atoms with E-state index < -0.39 is 0 Å². The van der Waals surface area contributed by atoms with Gasteiger partial charge in [-0.3, -0.25) is 5.43 Å². The summed E-state index contributed by atoms with van der Waals surface area (Å²) in [6.45, 7) is -0.623. The van der Waals surface area contributed by atoms with Crippen molar-refractivity contribution in [3.05, 3.63) is 42.0 Å². The highest BCUT2D eigenvalue weighted by Gasteiger charge is 2.11. The molecule has 1 aromatic carbocycles. The van der Waals surface area contributed by atoms with Crippen LogP contribution in [0, 0.1) is 0 Å². The Balaban J connectivity index is 2.08. The Labute approximate surface area is 114 Å². The van der Waals surface area contributed by atoms with Gasteiger partial charge in [-0.2, -0.15) is 0 Å². The van der Waals surface area contributed by atoms with Crippen molar-refractivity contribution in [2.24, 2.45) is 0 Å². The number of hydrogen-bond acceptors (Lipinski definition) is 5. The van der Waals surface area contributed by atoms with E-state index in [0.717, 1.165) is 5.69 Å². The molecule has 2 aromatic rings. The quantitative estimate of drug-likeness (QED) is 0.594. The Morgan fingerprint density at radius 3 is 2.21 bits per heavy atom. The lowest BCUT2D eigenvalue weighted by Crippen LogP contribution is -2.30. The molecular weight excluding hydrogens is 266 g/mol. The fourth-order valence-electron chi connectivity index (χ4n) is 1.47. The number of para-hydroxylation sites is 1. The number of aromatic nitrogens is 3. The van der Waals surface area contributed by atoms with Gasteiger partial charge in [0.1, 0.15) is 13.2 Å². The molecule has 0 saturated heterocycles. The molecule has 19 heavy (non-hydrogen) atoms. The SMILES string of the molecule is OCc1nnc(CO)n1NC(=S)Nc1ccccc1. The van der Waals surface area contributed by atoms with Crippen molar-refractivity contribution in [1.82, 2.24) is 14.9 Å². The highest BCUT2D eigenvalue weighted by Crippen LogP contribution is 2.05. The summed E-state index contributed by atoms with van der Waals surface area (Å²) in [6.07, 6.45) is 0. The molecule has 2 rings (SSSR count). The van der Waals surface area contributed by atoms with E-state index in [1.807, 2.05) is 30.3 Å². The minimum Gasteiger partial charge on any atom is -0.388 e. The molecule has 0 unspecified atom stereocenters. The number of hydrogen-bond donors (Lipinski definition) is 4. The number of aliphatic hydroxyl groups is 2. The molecule has 1 aromatic heterocycles. The molecule has 4 N–H and O–H groups in total. The van der Waals surface area contributed by atoms with Crippen LogP contribution in [0.1, 0.15) is 11.6 Å². The minimum atomic E-state index is -0.312. The molecule has 0 spiro atoms. The monoisotopic (exact) mass is 279 g/mol. The van der Waals surface area contributed by atoms with E-state index in [-0.39, 0.29) is 24.9 Å². The summed E-state index contributed by atoms with van der Waals surface area (Å²) < 4.78 is 1.35. The molecule has 0 aliphatic heterocycles. The minimum absolute atomic E-state index is 0.265. The van der Waals surface area contributed by atoms with Crippen molar-refractivity contribution in [2.45, 2.75) is 13.2 Å². The first-order valence-electron chi connectivity index (χ1n) is 5.52. The maximum atomic E-state index is 9.12. The summed E-state index contributed by atoms with van der Waals surface area (Å²) in [6, 6.07) is 9.37. The smallest absolute Gasteiger partial charge is 0.190 e. The lowest BCUT2D eigenvalue weighted by atomic mass is 10.3. The first-order valence-corrected chi connectivity index (χ1v) is 5.93. The highest BCUT2D eigenvalue weighted by molar-refractivity contribution is 7.80. The van der Waals surface area contributed by atoms with Gasteiger partial charge in [-0.1, -0.05) is 18.2 Å². The average Bonchev–Trinajstić information content (AvgIpc) is 2.81. The van der Waals surface area contributed by atoms with E-state index in [1.165, 1.54) is 4.68 Å². The Bertz CT molecular complexity index is 536. The van der Waals surface area contributed by atoms with E-state index in [1.54, 1.807) is 0 Å². The van der Waals surface area contributed by atoms with Gasteiger partial charge in [0.15, 0.2) is 16.8 Å². The standard InChI is InChI=1S/C11H13N5O2S/c17-6-9-13-14-10(7-18)16(9)15-11(19)12-8-4-2-1-3-5-8/h1-5,17-18H,6-7H2,(H2,12,15,19). The molecule has 0 atom stereocenters. The third-order valence-corrected chi connectivity index (χ3v) is 2.52. The lowest BCUT2D eigenvalue weighted by molar-refractivity contribution is 0.258. The number of nitrogens with one attached hydrogen (secondary N) is 2. The van der Waals surface area contributed by atoms with Crippen molar-refractivity contribution >= 4 is 23.0 Å². The number of rotatable bonds is 4. The number of aliphatic hydroxyl groups excluding tert-OH is 2. The molecule has 0 bridgehead atoms. The largest absolute Gasteiger partial charge is 0.388 e. The molecule has 0 saturated carbocycles. The number of thiocarbonyl (C=S) groups is 1. The molecule has 0 radical (unpaired) electrons. The van der Waals surface area contributed by atoms with Gasteiger partial charge >= 0.3 is 0 Å². The van der Waals surface area contributed by atoms with Gasteiger partial charge in [-0.05, 0) is 24.4 Å². The van der Waals surface area contributed by atoms with E-state index in [4.69, 9.17) is 22.4 Å². The van der Waals surface area contributed by atoms with Crippen molar-refractivity contribution in [3.8, 4) is 0 Å². The van der Waals surface area contributed by atoms with Crippen LogP contribution >= 0.6 is 12.2 Å². The molecule has 0 amide bonds. The molecule has 0 aliphatic rings. The van der Waals surface area contributed by atoms with Crippen LogP contribution in [0.2, 0.25) is 0 Å². The first kappa shape index (κ1) is 13.4. The van der Waals surface area contributed by atoms with Gasteiger partial charge < -0.3 is 15.5 Å². The molecular formula is C11H13N5O2S. The fourth-order valence-corrected chi connectivity index (χ4v) is 1.68. The maximum Gasteiger partial charge on any atom is 0.190 e. The van der Waals surface area contributed by atoms with E-state index in [0.29, 0.717) is 5.11 Å². The van der Waals surface area contributed by atoms with E-state index in [2.05, 4.69) is 20.9 Å². The zero-order chi connectivity index (χ0) is 13.7. The number of anilines is 1. The second-order valence-electron chi connectivity index (χ2n) is 3.62. The van der Waals surface area contributed by atoms with Crippen LogP contribution in [0.5, 0.6) is 0 Å². The van der Waals surface area contributed by atoms with Gasteiger partial charge in [-0.15, -0.1) is 10.2 Å². The molecule has 1 heterocycles. The van der Waals surface area contributed by atoms with Gasteiger partial charge in [-0.25, -0.2) is 4.68 Å². The van der Waals surface area contributed by atoms with E-state index >= 15 is 0 Å². The predicted octanol–water partition coefficient (Wildman–Crippen LogP) is 0.203. The van der Waals surface area contributed by atoms with Crippen molar-refractivity contribution < 1.29 is 10.2 Å². The zero-order valence-corrected chi connectivity index (χ0v) is 10.8. The molecule has 0 fully saturated rings. The Hall–Kier alpha value is -2.03. The van der Waals surface area contributed by atoms with Crippen LogP contribution in [0.25, 0.3) is 0 Å². The Kier molecular flexibility index (Phi) is 4.39. The topological polar surface area (TPSA) is 95.2 Å². The average molecular weight is 279 g/mol. The van der Waals surface area contributed by atoms with E-state index in [9.17, 15) is 0 Å². The summed E-state index contributed by atoms with van der Waals surface area (Å²) in [4.78, 5) is 0. The molecule has 8 heteroatoms. The first-order chi connectivity index (χ1) is 9.24. The summed E-state index contributed by atoms with van der Waals surface area (Å²) in [5.41, 5.74) is 3.62. The molecule has 100 valence electrons. The normalized spacial score (nSPS) is 10.2. The van der Waals surface area contributed by atoms with Gasteiger partial charge in [0.25, 0.3) is 0 Å². The Morgan fingerprint density at radius 2 is 1.68 bits per heavy atom. The van der Waals surface area contributed by atoms with Crippen LogP contribution < -0.4 is 10.7 Å². The van der Waals surface area contributed by atoms with Gasteiger partial charge in [0.2, 0.25) is 0 Å².